The average Bonchev–Trinajstić information content (AvgIpc) is 3.22. The molecule has 0 radical (unpaired) electrons. The smallest absolute Gasteiger partial charge is 0.272 e. The molecule has 188 valence electrons. The van der Waals surface area contributed by atoms with Crippen LogP contribution in [0.3, 0.4) is 0 Å². The van der Waals surface area contributed by atoms with Crippen molar-refractivity contribution in [2.24, 2.45) is 11.8 Å². The topological polar surface area (TPSA) is 57.7 Å². The summed E-state index contributed by atoms with van der Waals surface area (Å²) in [5.41, 5.74) is 0.759. The summed E-state index contributed by atoms with van der Waals surface area (Å²) in [4.78, 5) is 37.3. The van der Waals surface area contributed by atoms with Crippen molar-refractivity contribution in [2.45, 2.75) is 20.6 Å². The van der Waals surface area contributed by atoms with Gasteiger partial charge in [0.1, 0.15) is 9.75 Å². The van der Waals surface area contributed by atoms with Crippen LogP contribution in [0.25, 0.3) is 0 Å². The molecule has 1 saturated heterocycles. The Morgan fingerprint density at radius 3 is 1.61 bits per heavy atom. The minimum absolute atomic E-state index is 0.165. The lowest BCUT2D eigenvalue weighted by Crippen LogP contribution is -2.55. The Hall–Kier alpha value is -0.890. The Bertz CT molecular complexity index is 1300. The molecular weight excluding hydrogens is 636 g/mol. The number of nitrogens with zero attached hydrogens (tertiary/aromatic N) is 2. The highest BCUT2D eigenvalue weighted by Gasteiger charge is 2.88. The first kappa shape index (κ1) is 26.7. The molecule has 13 heteroatoms. The van der Waals surface area contributed by atoms with Crippen LogP contribution in [0.1, 0.15) is 15.9 Å². The zero-order valence-electron chi connectivity index (χ0n) is 17.6. The van der Waals surface area contributed by atoms with Crippen molar-refractivity contribution in [1.82, 2.24) is 10.0 Å². The van der Waals surface area contributed by atoms with Gasteiger partial charge in [0.05, 0.1) is 28.4 Å². The van der Waals surface area contributed by atoms with Crippen molar-refractivity contribution in [3.8, 4) is 0 Å². The highest BCUT2D eigenvalue weighted by molar-refractivity contribution is 6.66. The fourth-order valence-electron chi connectivity index (χ4n) is 4.96. The van der Waals surface area contributed by atoms with Crippen molar-refractivity contribution in [2.75, 3.05) is 0 Å². The van der Waals surface area contributed by atoms with Gasteiger partial charge in [-0.3, -0.25) is 14.4 Å². The number of hydrogen-bond acceptors (Lipinski definition) is 3. The summed E-state index contributed by atoms with van der Waals surface area (Å²) in [5, 5.41) is 2.16. The van der Waals surface area contributed by atoms with Crippen LogP contribution in [0, 0.1) is 11.8 Å². The maximum atomic E-state index is 13.8. The molecule has 2 fully saturated rings. The molecule has 2 aromatic carbocycles. The van der Waals surface area contributed by atoms with Crippen molar-refractivity contribution in [3.05, 3.63) is 79.8 Å². The van der Waals surface area contributed by atoms with Gasteiger partial charge in [0, 0.05) is 15.6 Å². The molecular formula is C23H12Cl8N2O3. The Balaban J connectivity index is 1.61. The first-order chi connectivity index (χ1) is 16.8. The number of benzene rings is 2. The lowest BCUT2D eigenvalue weighted by molar-refractivity contribution is -0.156. The Labute approximate surface area is 245 Å². The molecule has 1 saturated carbocycles. The van der Waals surface area contributed by atoms with E-state index >= 15 is 0 Å². The summed E-state index contributed by atoms with van der Waals surface area (Å²) in [5.74, 6) is -5.09. The molecule has 1 heterocycles. The van der Waals surface area contributed by atoms with E-state index in [1.807, 2.05) is 0 Å². The van der Waals surface area contributed by atoms with Gasteiger partial charge in [0.25, 0.3) is 17.7 Å². The number of hydrazine groups is 1. The Kier molecular flexibility index (Phi) is 6.54. The first-order valence-corrected chi connectivity index (χ1v) is 13.3. The third kappa shape index (κ3) is 3.34. The minimum Gasteiger partial charge on any atom is -0.272 e. The predicted octanol–water partition coefficient (Wildman–Crippen LogP) is 7.00. The number of fused-ring (bicyclic) bond motifs is 5. The predicted molar refractivity (Wildman–Crippen MR) is 142 cm³/mol. The van der Waals surface area contributed by atoms with E-state index in [1.165, 1.54) is 24.3 Å². The minimum atomic E-state index is -2.08. The molecule has 4 atom stereocenters. The highest BCUT2D eigenvalue weighted by atomic mass is 35.5. The van der Waals surface area contributed by atoms with Crippen LogP contribution in [-0.4, -0.2) is 41.8 Å². The second-order valence-electron chi connectivity index (χ2n) is 8.57. The SMILES string of the molecule is O=C(c1ccc(Cl)cc1)N(Cc1ccc(Cl)cc1)N1C(=O)[C@H]2[C@H](C1=O)[C@@]1(Cl)C(Cl)=C(Cl)[C@@]2(Cl)C1(Cl)Cl. The number of imide groups is 1. The van der Waals surface area contributed by atoms with Crippen LogP contribution in [0.2, 0.25) is 10.0 Å². The summed E-state index contributed by atoms with van der Waals surface area (Å²) < 4.78 is -2.08. The molecule has 2 bridgehead atoms. The lowest BCUT2D eigenvalue weighted by atomic mass is 9.84. The van der Waals surface area contributed by atoms with Gasteiger partial charge < -0.3 is 0 Å². The summed E-state index contributed by atoms with van der Waals surface area (Å²) in [7, 11) is 0. The summed E-state index contributed by atoms with van der Waals surface area (Å²) in [6, 6.07) is 12.5. The third-order valence-electron chi connectivity index (χ3n) is 6.70. The molecule has 0 spiro atoms. The molecule has 0 N–H and O–H groups in total. The van der Waals surface area contributed by atoms with E-state index in [2.05, 4.69) is 0 Å². The molecule has 3 aliphatic rings. The number of hydrogen-bond donors (Lipinski definition) is 0. The quantitative estimate of drug-likeness (QED) is 0.265. The number of allylic oxidation sites excluding steroid dienone is 2. The van der Waals surface area contributed by atoms with Gasteiger partial charge in [-0.05, 0) is 42.0 Å². The third-order valence-corrected chi connectivity index (χ3v) is 11.5. The summed E-state index contributed by atoms with van der Waals surface area (Å²) >= 11 is 51.4. The first-order valence-electron chi connectivity index (χ1n) is 10.3. The van der Waals surface area contributed by atoms with Crippen molar-refractivity contribution in [3.63, 3.8) is 0 Å². The Morgan fingerprint density at radius 1 is 0.750 bits per heavy atom. The zero-order chi connectivity index (χ0) is 26.4. The van der Waals surface area contributed by atoms with Gasteiger partial charge >= 0.3 is 0 Å². The molecule has 0 aromatic heterocycles. The number of carbonyl (C=O) groups excluding carboxylic acids is 3. The second-order valence-corrected chi connectivity index (χ2v) is 12.7. The molecule has 0 unspecified atom stereocenters. The van der Waals surface area contributed by atoms with Crippen LogP contribution in [-0.2, 0) is 16.1 Å². The average molecular weight is 648 g/mol. The lowest BCUT2D eigenvalue weighted by Gasteiger charge is -2.37. The van der Waals surface area contributed by atoms with Gasteiger partial charge in [0.2, 0.25) is 0 Å². The van der Waals surface area contributed by atoms with Crippen molar-refractivity contribution < 1.29 is 14.4 Å². The van der Waals surface area contributed by atoms with Gasteiger partial charge in [-0.15, -0.1) is 23.2 Å². The van der Waals surface area contributed by atoms with Gasteiger partial charge in [-0.2, -0.15) is 5.01 Å². The molecule has 5 rings (SSSR count). The molecule has 36 heavy (non-hydrogen) atoms. The number of carbonyl (C=O) groups is 3. The molecule has 1 aliphatic heterocycles. The normalized spacial score (nSPS) is 30.3. The largest absolute Gasteiger partial charge is 0.273 e. The van der Waals surface area contributed by atoms with E-state index in [0.29, 0.717) is 15.6 Å². The maximum absolute atomic E-state index is 13.8. The van der Waals surface area contributed by atoms with Gasteiger partial charge in [-0.1, -0.05) is 81.7 Å². The zero-order valence-corrected chi connectivity index (χ0v) is 23.7. The van der Waals surface area contributed by atoms with Gasteiger partial charge in [0.15, 0.2) is 4.33 Å². The van der Waals surface area contributed by atoms with Gasteiger partial charge in [-0.25, -0.2) is 5.01 Å². The van der Waals surface area contributed by atoms with Crippen LogP contribution in [0.5, 0.6) is 0 Å². The van der Waals surface area contributed by atoms with E-state index in [9.17, 15) is 14.4 Å². The van der Waals surface area contributed by atoms with E-state index in [-0.39, 0.29) is 22.2 Å². The second kappa shape index (κ2) is 8.82. The molecule has 2 aliphatic carbocycles. The van der Waals surface area contributed by atoms with Crippen LogP contribution in [0.4, 0.5) is 0 Å². The molecule has 5 nitrogen and oxygen atoms in total. The number of rotatable bonds is 4. The number of amides is 3. The molecule has 3 amide bonds. The fraction of sp³-hybridized carbons (Fsp3) is 0.261. The summed E-state index contributed by atoms with van der Waals surface area (Å²) in [6.45, 7) is -0.165. The number of halogens is 8. The monoisotopic (exact) mass is 644 g/mol. The van der Waals surface area contributed by atoms with Crippen molar-refractivity contribution in [1.29, 1.82) is 0 Å². The van der Waals surface area contributed by atoms with E-state index in [4.69, 9.17) is 92.8 Å². The fourth-order valence-corrected chi connectivity index (χ4v) is 8.14. The van der Waals surface area contributed by atoms with E-state index < -0.39 is 43.6 Å². The van der Waals surface area contributed by atoms with Crippen LogP contribution in [0.15, 0.2) is 58.6 Å². The van der Waals surface area contributed by atoms with E-state index in [1.54, 1.807) is 24.3 Å². The standard InChI is InChI=1S/C23H12Cl8N2O3/c24-12-5-1-10(2-6-12)9-32(18(34)11-3-7-13(25)8-4-11)33-19(35)14-15(20(33)36)22(29)17(27)16(26)21(14,28)23(22,30)31/h1-8,14-15H,9H2/t14-,15-,21-,22-/m1/s1. The highest BCUT2D eigenvalue weighted by Crippen LogP contribution is 2.77. The molecule has 2 aromatic rings. The van der Waals surface area contributed by atoms with Crippen molar-refractivity contribution >= 4 is 111 Å². The Morgan fingerprint density at radius 2 is 1.17 bits per heavy atom. The van der Waals surface area contributed by atoms with Crippen LogP contribution < -0.4 is 0 Å². The summed E-state index contributed by atoms with van der Waals surface area (Å²) in [6.07, 6.45) is 0. The number of alkyl halides is 4. The van der Waals surface area contributed by atoms with E-state index in [0.717, 1.165) is 10.0 Å². The van der Waals surface area contributed by atoms with Crippen LogP contribution >= 0.6 is 92.8 Å². The maximum Gasteiger partial charge on any atom is 0.273 e.